The Morgan fingerprint density at radius 3 is 2.22 bits per heavy atom. The van der Waals surface area contributed by atoms with Gasteiger partial charge < -0.3 is 5.32 Å². The van der Waals surface area contributed by atoms with E-state index in [-0.39, 0.29) is 0 Å². The van der Waals surface area contributed by atoms with Crippen LogP contribution in [0, 0.1) is 5.92 Å². The number of aryl methyl sites for hydroxylation is 1. The van der Waals surface area contributed by atoms with Crippen molar-refractivity contribution in [2.45, 2.75) is 58.4 Å². The minimum absolute atomic E-state index is 0.685. The van der Waals surface area contributed by atoms with Crippen molar-refractivity contribution in [1.29, 1.82) is 0 Å². The highest BCUT2D eigenvalue weighted by atomic mass is 14.9. The molecule has 0 aliphatic heterocycles. The topological polar surface area (TPSA) is 12.0 Å². The summed E-state index contributed by atoms with van der Waals surface area (Å²) in [6.07, 6.45) is 8.04. The van der Waals surface area contributed by atoms with Gasteiger partial charge in [0, 0.05) is 6.04 Å². The Kier molecular flexibility index (Phi) is 5.25. The molecule has 1 N–H and O–H groups in total. The Labute approximate surface area is 112 Å². The van der Waals surface area contributed by atoms with Crippen molar-refractivity contribution in [3.63, 3.8) is 0 Å². The maximum absolute atomic E-state index is 3.70. The lowest BCUT2D eigenvalue weighted by atomic mass is 9.92. The fourth-order valence-electron chi connectivity index (χ4n) is 3.19. The Hall–Kier alpha value is -0.820. The molecule has 1 nitrogen and oxygen atoms in total. The summed E-state index contributed by atoms with van der Waals surface area (Å²) in [5.74, 6) is 0.899. The van der Waals surface area contributed by atoms with E-state index in [9.17, 15) is 0 Å². The molecule has 1 aliphatic rings. The number of likely N-dealkylation sites (N-methyl/N-ethyl adjacent to an activating group) is 1. The van der Waals surface area contributed by atoms with E-state index in [0.717, 1.165) is 18.9 Å². The van der Waals surface area contributed by atoms with Gasteiger partial charge in [-0.2, -0.15) is 0 Å². The fraction of sp³-hybridized carbons (Fsp3) is 0.647. The molecule has 1 aromatic rings. The summed E-state index contributed by atoms with van der Waals surface area (Å²) >= 11 is 0. The standard InChI is InChI=1S/C17H27N/c1-3-14-9-11-15(12-10-14)13-17(18-4-2)16-7-5-6-8-16/h9-12,16-18H,3-8,13H2,1-2H3. The maximum Gasteiger partial charge on any atom is 0.0136 e. The number of rotatable bonds is 6. The van der Waals surface area contributed by atoms with E-state index in [1.807, 2.05) is 0 Å². The molecule has 2 rings (SSSR count). The van der Waals surface area contributed by atoms with E-state index >= 15 is 0 Å². The van der Waals surface area contributed by atoms with E-state index < -0.39 is 0 Å². The highest BCUT2D eigenvalue weighted by Gasteiger charge is 2.24. The van der Waals surface area contributed by atoms with Gasteiger partial charge >= 0.3 is 0 Å². The first-order chi connectivity index (χ1) is 8.83. The normalized spacial score (nSPS) is 18.1. The van der Waals surface area contributed by atoms with Gasteiger partial charge in [0.05, 0.1) is 0 Å². The number of hydrogen-bond acceptors (Lipinski definition) is 1. The summed E-state index contributed by atoms with van der Waals surface area (Å²) in [7, 11) is 0. The molecule has 0 spiro atoms. The zero-order chi connectivity index (χ0) is 12.8. The molecule has 0 bridgehead atoms. The summed E-state index contributed by atoms with van der Waals surface area (Å²) in [5, 5.41) is 3.70. The van der Waals surface area contributed by atoms with Crippen LogP contribution in [-0.4, -0.2) is 12.6 Å². The second kappa shape index (κ2) is 6.94. The van der Waals surface area contributed by atoms with Crippen LogP contribution in [-0.2, 0) is 12.8 Å². The molecule has 1 atom stereocenters. The second-order valence-electron chi connectivity index (χ2n) is 5.58. The molecule has 1 unspecified atom stereocenters. The molecule has 0 aromatic heterocycles. The van der Waals surface area contributed by atoms with Crippen LogP contribution in [0.2, 0.25) is 0 Å². The van der Waals surface area contributed by atoms with Crippen LogP contribution in [0.3, 0.4) is 0 Å². The molecule has 1 heteroatoms. The van der Waals surface area contributed by atoms with Crippen LogP contribution < -0.4 is 5.32 Å². The molecule has 1 aromatic carbocycles. The van der Waals surface area contributed by atoms with Crippen LogP contribution in [0.4, 0.5) is 0 Å². The summed E-state index contributed by atoms with van der Waals surface area (Å²) in [4.78, 5) is 0. The molecular formula is C17H27N. The minimum atomic E-state index is 0.685. The van der Waals surface area contributed by atoms with Crippen molar-refractivity contribution in [2.24, 2.45) is 5.92 Å². The van der Waals surface area contributed by atoms with Crippen LogP contribution in [0.15, 0.2) is 24.3 Å². The molecular weight excluding hydrogens is 218 g/mol. The fourth-order valence-corrected chi connectivity index (χ4v) is 3.19. The van der Waals surface area contributed by atoms with Crippen molar-refractivity contribution in [1.82, 2.24) is 5.32 Å². The zero-order valence-corrected chi connectivity index (χ0v) is 11.9. The number of hydrogen-bond donors (Lipinski definition) is 1. The van der Waals surface area contributed by atoms with Crippen molar-refractivity contribution in [3.8, 4) is 0 Å². The molecule has 0 radical (unpaired) electrons. The van der Waals surface area contributed by atoms with E-state index in [2.05, 4.69) is 43.4 Å². The predicted octanol–water partition coefficient (Wildman–Crippen LogP) is 3.96. The monoisotopic (exact) mass is 245 g/mol. The third-order valence-electron chi connectivity index (χ3n) is 4.32. The van der Waals surface area contributed by atoms with E-state index in [0.29, 0.717) is 6.04 Å². The van der Waals surface area contributed by atoms with Gasteiger partial charge in [0.1, 0.15) is 0 Å². The first-order valence-electron chi connectivity index (χ1n) is 7.64. The van der Waals surface area contributed by atoms with Gasteiger partial charge in [-0.05, 0) is 49.3 Å². The summed E-state index contributed by atoms with van der Waals surface area (Å²) in [5.41, 5.74) is 2.93. The average Bonchev–Trinajstić information content (AvgIpc) is 2.93. The zero-order valence-electron chi connectivity index (χ0n) is 11.9. The summed E-state index contributed by atoms with van der Waals surface area (Å²) in [6.45, 7) is 5.53. The Morgan fingerprint density at radius 2 is 1.67 bits per heavy atom. The summed E-state index contributed by atoms with van der Waals surface area (Å²) in [6, 6.07) is 9.89. The first-order valence-corrected chi connectivity index (χ1v) is 7.64. The molecule has 1 aliphatic carbocycles. The molecule has 0 amide bonds. The molecule has 1 saturated carbocycles. The van der Waals surface area contributed by atoms with Crippen molar-refractivity contribution in [2.75, 3.05) is 6.54 Å². The van der Waals surface area contributed by atoms with Gasteiger partial charge in [0.25, 0.3) is 0 Å². The average molecular weight is 245 g/mol. The lowest BCUT2D eigenvalue weighted by Gasteiger charge is -2.24. The highest BCUT2D eigenvalue weighted by Crippen LogP contribution is 2.29. The van der Waals surface area contributed by atoms with Crippen molar-refractivity contribution in [3.05, 3.63) is 35.4 Å². The van der Waals surface area contributed by atoms with E-state index in [1.165, 1.54) is 43.2 Å². The Morgan fingerprint density at radius 1 is 1.06 bits per heavy atom. The lowest BCUT2D eigenvalue weighted by Crippen LogP contribution is -2.36. The minimum Gasteiger partial charge on any atom is -0.314 e. The van der Waals surface area contributed by atoms with E-state index in [4.69, 9.17) is 0 Å². The lowest BCUT2D eigenvalue weighted by molar-refractivity contribution is 0.362. The van der Waals surface area contributed by atoms with Gasteiger partial charge in [0.15, 0.2) is 0 Å². The molecule has 1 fully saturated rings. The summed E-state index contributed by atoms with van der Waals surface area (Å²) < 4.78 is 0. The molecule has 0 saturated heterocycles. The van der Waals surface area contributed by atoms with Gasteiger partial charge in [-0.15, -0.1) is 0 Å². The van der Waals surface area contributed by atoms with Crippen molar-refractivity contribution < 1.29 is 0 Å². The maximum atomic E-state index is 3.70. The molecule has 18 heavy (non-hydrogen) atoms. The SMILES string of the molecule is CCNC(Cc1ccc(CC)cc1)C1CCCC1. The number of benzene rings is 1. The molecule has 0 heterocycles. The second-order valence-corrected chi connectivity index (χ2v) is 5.58. The van der Waals surface area contributed by atoms with Gasteiger partial charge in [0.2, 0.25) is 0 Å². The largest absolute Gasteiger partial charge is 0.314 e. The van der Waals surface area contributed by atoms with Crippen LogP contribution in [0.5, 0.6) is 0 Å². The molecule has 100 valence electrons. The third kappa shape index (κ3) is 3.58. The quantitative estimate of drug-likeness (QED) is 0.800. The third-order valence-corrected chi connectivity index (χ3v) is 4.32. The van der Waals surface area contributed by atoms with Gasteiger partial charge in [-0.3, -0.25) is 0 Å². The van der Waals surface area contributed by atoms with Gasteiger partial charge in [-0.1, -0.05) is 51.0 Å². The first kappa shape index (κ1) is 13.6. The van der Waals surface area contributed by atoms with Crippen LogP contribution in [0.1, 0.15) is 50.7 Å². The highest BCUT2D eigenvalue weighted by molar-refractivity contribution is 5.23. The Bertz CT molecular complexity index is 335. The van der Waals surface area contributed by atoms with Crippen LogP contribution >= 0.6 is 0 Å². The van der Waals surface area contributed by atoms with Crippen LogP contribution in [0.25, 0.3) is 0 Å². The number of nitrogens with one attached hydrogen (secondary N) is 1. The van der Waals surface area contributed by atoms with Gasteiger partial charge in [-0.25, -0.2) is 0 Å². The Balaban J connectivity index is 1.98. The van der Waals surface area contributed by atoms with E-state index in [1.54, 1.807) is 0 Å². The smallest absolute Gasteiger partial charge is 0.0136 e. The van der Waals surface area contributed by atoms with Crippen molar-refractivity contribution >= 4 is 0 Å². The predicted molar refractivity (Wildman–Crippen MR) is 78.9 cm³/mol.